The van der Waals surface area contributed by atoms with Gasteiger partial charge in [-0.3, -0.25) is 0 Å². The highest BCUT2D eigenvalue weighted by Crippen LogP contribution is 2.53. The first-order valence-corrected chi connectivity index (χ1v) is 11.4. The Balaban J connectivity index is 1.49. The number of hydrazone groups is 1. The van der Waals surface area contributed by atoms with Gasteiger partial charge in [-0.1, -0.05) is 30.2 Å². The summed E-state index contributed by atoms with van der Waals surface area (Å²) in [6.07, 6.45) is 8.82. The number of hydrogen-bond acceptors (Lipinski definition) is 5. The largest absolute Gasteiger partial charge is 0.344 e. The molecule has 28 heavy (non-hydrogen) atoms. The fraction of sp³-hybridized carbons (Fsp3) is 0.571. The Morgan fingerprint density at radius 1 is 1.18 bits per heavy atom. The molecule has 0 radical (unpaired) electrons. The van der Waals surface area contributed by atoms with Gasteiger partial charge in [0, 0.05) is 18.6 Å². The molecule has 1 aromatic rings. The topological polar surface area (TPSA) is 77.0 Å². The van der Waals surface area contributed by atoms with Crippen LogP contribution in [0.15, 0.2) is 45.9 Å². The maximum Gasteiger partial charge on any atom is 0.276 e. The zero-order valence-corrected chi connectivity index (χ0v) is 17.3. The second-order valence-corrected chi connectivity index (χ2v) is 9.94. The molecule has 7 heteroatoms. The molecule has 0 aromatic heterocycles. The lowest BCUT2D eigenvalue weighted by Gasteiger charge is -2.47. The Morgan fingerprint density at radius 2 is 1.89 bits per heavy atom. The second kappa shape index (κ2) is 7.28. The van der Waals surface area contributed by atoms with Crippen molar-refractivity contribution in [3.63, 3.8) is 0 Å². The quantitative estimate of drug-likeness (QED) is 0.473. The molecule has 1 spiro atoms. The Kier molecular flexibility index (Phi) is 5.10. The molecule has 2 fully saturated rings. The number of allylic oxidation sites excluding steroid dienone is 1. The highest BCUT2D eigenvalue weighted by molar-refractivity contribution is 7.89. The first-order chi connectivity index (χ1) is 13.3. The summed E-state index contributed by atoms with van der Waals surface area (Å²) in [7, 11) is -3.65. The summed E-state index contributed by atoms with van der Waals surface area (Å²) in [6, 6.07) is 6.75. The monoisotopic (exact) mass is 404 g/mol. The summed E-state index contributed by atoms with van der Waals surface area (Å²) in [5.74, 6) is -0.354. The number of nitrogens with zero attached hydrogens (tertiary/aromatic N) is 1. The summed E-state index contributed by atoms with van der Waals surface area (Å²) < 4.78 is 36.6. The third-order valence-electron chi connectivity index (χ3n) is 6.43. The van der Waals surface area contributed by atoms with Gasteiger partial charge in [0.05, 0.1) is 18.1 Å². The molecule has 4 rings (SSSR count). The smallest absolute Gasteiger partial charge is 0.276 e. The first-order valence-electron chi connectivity index (χ1n) is 9.95. The standard InChI is InChI=1S/C21H28N2O4S/c1-16-6-8-19(9-7-16)28(24,25)23-22-15-18-5-3-4-17-14-21(26-12-13-27-21)11-10-20(17,18)2/h6-9,14-15,18,23H,3-5,10-13H2,1-2H3/b22-15-/t18-,20+/m1/s1. The number of nitrogens with one attached hydrogen (secondary N) is 1. The van der Waals surface area contributed by atoms with Crippen LogP contribution in [0.5, 0.6) is 0 Å². The van der Waals surface area contributed by atoms with Gasteiger partial charge in [0.15, 0.2) is 5.79 Å². The average Bonchev–Trinajstić information content (AvgIpc) is 3.11. The fourth-order valence-electron chi connectivity index (χ4n) is 4.61. The maximum absolute atomic E-state index is 12.4. The van der Waals surface area contributed by atoms with E-state index in [4.69, 9.17) is 9.47 Å². The minimum Gasteiger partial charge on any atom is -0.344 e. The van der Waals surface area contributed by atoms with Crippen LogP contribution in [0.2, 0.25) is 0 Å². The molecule has 0 bridgehead atoms. The summed E-state index contributed by atoms with van der Waals surface area (Å²) in [5.41, 5.74) is 2.34. The van der Waals surface area contributed by atoms with Gasteiger partial charge in [0.2, 0.25) is 0 Å². The SMILES string of the molecule is Cc1ccc(S(=O)(=O)N/N=C\[C@H]2CCCC3=CC4(CC[C@@]32C)OCCO4)cc1. The van der Waals surface area contributed by atoms with Crippen molar-refractivity contribution < 1.29 is 17.9 Å². The van der Waals surface area contributed by atoms with E-state index in [0.717, 1.165) is 37.7 Å². The van der Waals surface area contributed by atoms with Crippen LogP contribution in [0, 0.1) is 18.3 Å². The fourth-order valence-corrected chi connectivity index (χ4v) is 5.41. The highest BCUT2D eigenvalue weighted by atomic mass is 32.2. The molecule has 3 aliphatic rings. The normalized spacial score (nSPS) is 29.6. The molecule has 6 nitrogen and oxygen atoms in total. The van der Waals surface area contributed by atoms with Crippen molar-refractivity contribution in [2.45, 2.75) is 56.6 Å². The van der Waals surface area contributed by atoms with E-state index in [1.54, 1.807) is 30.5 Å². The van der Waals surface area contributed by atoms with Crippen LogP contribution in [-0.2, 0) is 19.5 Å². The number of fused-ring (bicyclic) bond motifs is 1. The number of benzene rings is 1. The van der Waals surface area contributed by atoms with Crippen molar-refractivity contribution in [3.05, 3.63) is 41.5 Å². The Labute approximate surface area is 167 Å². The number of hydrogen-bond donors (Lipinski definition) is 1. The zero-order chi connectivity index (χ0) is 19.8. The van der Waals surface area contributed by atoms with Gasteiger partial charge in [0.25, 0.3) is 10.0 Å². The molecular formula is C21H28N2O4S. The minimum atomic E-state index is -3.65. The van der Waals surface area contributed by atoms with Crippen molar-refractivity contribution in [1.29, 1.82) is 0 Å². The van der Waals surface area contributed by atoms with Crippen molar-refractivity contribution in [1.82, 2.24) is 4.83 Å². The van der Waals surface area contributed by atoms with Gasteiger partial charge in [0.1, 0.15) is 0 Å². The third-order valence-corrected chi connectivity index (χ3v) is 7.67. The lowest BCUT2D eigenvalue weighted by atomic mass is 9.59. The van der Waals surface area contributed by atoms with Gasteiger partial charge in [-0.15, -0.1) is 0 Å². The minimum absolute atomic E-state index is 0.0301. The molecule has 1 N–H and O–H groups in total. The molecule has 1 aliphatic heterocycles. The van der Waals surface area contributed by atoms with Crippen LogP contribution in [0.4, 0.5) is 0 Å². The molecular weight excluding hydrogens is 376 g/mol. The van der Waals surface area contributed by atoms with E-state index < -0.39 is 15.8 Å². The lowest BCUT2D eigenvalue weighted by Crippen LogP contribution is -2.43. The van der Waals surface area contributed by atoms with E-state index in [-0.39, 0.29) is 16.2 Å². The lowest BCUT2D eigenvalue weighted by molar-refractivity contribution is -0.135. The van der Waals surface area contributed by atoms with Gasteiger partial charge in [-0.05, 0) is 56.2 Å². The van der Waals surface area contributed by atoms with E-state index >= 15 is 0 Å². The Morgan fingerprint density at radius 3 is 2.61 bits per heavy atom. The zero-order valence-electron chi connectivity index (χ0n) is 16.5. The maximum atomic E-state index is 12.4. The van der Waals surface area contributed by atoms with Gasteiger partial charge < -0.3 is 9.47 Å². The van der Waals surface area contributed by atoms with E-state index in [0.29, 0.717) is 13.2 Å². The van der Waals surface area contributed by atoms with Gasteiger partial charge in [-0.25, -0.2) is 4.83 Å². The molecule has 0 unspecified atom stereocenters. The molecule has 0 amide bonds. The van der Waals surface area contributed by atoms with E-state index in [9.17, 15) is 8.42 Å². The predicted molar refractivity (Wildman–Crippen MR) is 107 cm³/mol. The van der Waals surface area contributed by atoms with Crippen molar-refractivity contribution in [2.24, 2.45) is 16.4 Å². The van der Waals surface area contributed by atoms with E-state index in [1.807, 2.05) is 6.92 Å². The molecule has 1 aromatic carbocycles. The predicted octanol–water partition coefficient (Wildman–Crippen LogP) is 3.53. The van der Waals surface area contributed by atoms with Gasteiger partial charge >= 0.3 is 0 Å². The molecule has 2 aliphatic carbocycles. The van der Waals surface area contributed by atoms with E-state index in [1.165, 1.54) is 5.57 Å². The van der Waals surface area contributed by atoms with Crippen molar-refractivity contribution >= 4 is 16.2 Å². The molecule has 152 valence electrons. The van der Waals surface area contributed by atoms with Crippen molar-refractivity contribution in [3.8, 4) is 0 Å². The van der Waals surface area contributed by atoms with Crippen LogP contribution in [0.3, 0.4) is 0 Å². The number of aryl methyl sites for hydroxylation is 1. The Bertz CT molecular complexity index is 885. The van der Waals surface area contributed by atoms with E-state index in [2.05, 4.69) is 22.9 Å². The second-order valence-electron chi connectivity index (χ2n) is 8.28. The molecule has 1 saturated heterocycles. The summed E-state index contributed by atoms with van der Waals surface area (Å²) in [5, 5.41) is 4.14. The van der Waals surface area contributed by atoms with Crippen molar-refractivity contribution in [2.75, 3.05) is 13.2 Å². The summed E-state index contributed by atoms with van der Waals surface area (Å²) >= 11 is 0. The summed E-state index contributed by atoms with van der Waals surface area (Å²) in [6.45, 7) is 5.47. The molecule has 2 atom stereocenters. The molecule has 1 saturated carbocycles. The Hall–Kier alpha value is -1.70. The number of ether oxygens (including phenoxy) is 2. The summed E-state index contributed by atoms with van der Waals surface area (Å²) in [4.78, 5) is 2.60. The number of rotatable bonds is 4. The molecule has 1 heterocycles. The van der Waals surface area contributed by atoms with Crippen LogP contribution in [0.25, 0.3) is 0 Å². The van der Waals surface area contributed by atoms with Crippen LogP contribution in [0.1, 0.15) is 44.6 Å². The third kappa shape index (κ3) is 3.63. The van der Waals surface area contributed by atoms with Crippen LogP contribution in [-0.4, -0.2) is 33.6 Å². The highest BCUT2D eigenvalue weighted by Gasteiger charge is 2.48. The van der Waals surface area contributed by atoms with Crippen LogP contribution >= 0.6 is 0 Å². The number of sulfonamides is 1. The first kappa shape index (κ1) is 19.6. The average molecular weight is 405 g/mol. The van der Waals surface area contributed by atoms with Crippen LogP contribution < -0.4 is 4.83 Å². The van der Waals surface area contributed by atoms with Gasteiger partial charge in [-0.2, -0.15) is 13.5 Å².